The van der Waals surface area contributed by atoms with Crippen LogP contribution >= 0.6 is 0 Å². The van der Waals surface area contributed by atoms with E-state index >= 15 is 0 Å². The molecule has 1 aliphatic carbocycles. The number of carboxylic acid groups (broad SMARTS) is 1. The van der Waals surface area contributed by atoms with E-state index in [-0.39, 0.29) is 5.92 Å². The zero-order valence-corrected chi connectivity index (χ0v) is 11.1. The quantitative estimate of drug-likeness (QED) is 0.764. The average Bonchev–Trinajstić information content (AvgIpc) is 2.72. The molecule has 1 heterocycles. The van der Waals surface area contributed by atoms with Crippen molar-refractivity contribution in [2.75, 3.05) is 0 Å². The molecule has 1 aromatic rings. The SMILES string of the molecule is CC(C)(C)OC(=O)N[C@]1(C(=O)O)C[C@@H]1c1cnc[nH]1. The van der Waals surface area contributed by atoms with Crippen LogP contribution in [0, 0.1) is 0 Å². The van der Waals surface area contributed by atoms with Gasteiger partial charge >= 0.3 is 12.1 Å². The van der Waals surface area contributed by atoms with Crippen molar-refractivity contribution in [3.8, 4) is 0 Å². The summed E-state index contributed by atoms with van der Waals surface area (Å²) in [5.74, 6) is -1.38. The number of nitrogens with zero attached hydrogens (tertiary/aromatic N) is 1. The number of aromatic nitrogens is 2. The van der Waals surface area contributed by atoms with E-state index in [1.165, 1.54) is 6.33 Å². The van der Waals surface area contributed by atoms with Gasteiger partial charge in [-0.3, -0.25) is 0 Å². The fourth-order valence-corrected chi connectivity index (χ4v) is 2.01. The van der Waals surface area contributed by atoms with Crippen LogP contribution in [0.25, 0.3) is 0 Å². The van der Waals surface area contributed by atoms with Crippen LogP contribution in [0.15, 0.2) is 12.5 Å². The summed E-state index contributed by atoms with van der Waals surface area (Å²) in [6, 6.07) is 0. The molecule has 0 radical (unpaired) electrons. The Morgan fingerprint density at radius 2 is 2.26 bits per heavy atom. The molecule has 1 aliphatic rings. The maximum Gasteiger partial charge on any atom is 0.408 e. The lowest BCUT2D eigenvalue weighted by Gasteiger charge is -2.22. The number of aromatic amines is 1. The van der Waals surface area contributed by atoms with Crippen molar-refractivity contribution >= 4 is 12.1 Å². The van der Waals surface area contributed by atoms with Gasteiger partial charge in [0, 0.05) is 17.8 Å². The predicted molar refractivity (Wildman–Crippen MR) is 65.7 cm³/mol. The molecule has 1 fully saturated rings. The third-order valence-electron chi connectivity index (χ3n) is 2.96. The number of rotatable bonds is 3. The molecule has 1 saturated carbocycles. The zero-order chi connectivity index (χ0) is 14.3. The van der Waals surface area contributed by atoms with Gasteiger partial charge in [0.25, 0.3) is 0 Å². The molecule has 0 bridgehead atoms. The molecule has 7 nitrogen and oxygen atoms in total. The van der Waals surface area contributed by atoms with Gasteiger partial charge in [0.15, 0.2) is 0 Å². The number of H-pyrrole nitrogens is 1. The number of aliphatic carboxylic acids is 1. The van der Waals surface area contributed by atoms with E-state index in [1.54, 1.807) is 27.0 Å². The van der Waals surface area contributed by atoms with E-state index in [9.17, 15) is 14.7 Å². The van der Waals surface area contributed by atoms with Crippen molar-refractivity contribution in [2.24, 2.45) is 0 Å². The number of imidazole rings is 1. The molecule has 0 aliphatic heterocycles. The van der Waals surface area contributed by atoms with Crippen molar-refractivity contribution < 1.29 is 19.4 Å². The van der Waals surface area contributed by atoms with Crippen LogP contribution in [-0.2, 0) is 9.53 Å². The largest absolute Gasteiger partial charge is 0.479 e. The van der Waals surface area contributed by atoms with Gasteiger partial charge in [-0.25, -0.2) is 14.6 Å². The molecule has 2 atom stereocenters. The molecular formula is C12H17N3O4. The van der Waals surface area contributed by atoms with Crippen molar-refractivity contribution in [3.63, 3.8) is 0 Å². The summed E-state index contributed by atoms with van der Waals surface area (Å²) in [5.41, 5.74) is -1.27. The number of hydrogen-bond acceptors (Lipinski definition) is 4. The van der Waals surface area contributed by atoms with Crippen molar-refractivity contribution in [2.45, 2.75) is 44.2 Å². The maximum atomic E-state index is 11.7. The van der Waals surface area contributed by atoms with E-state index in [0.29, 0.717) is 12.1 Å². The Morgan fingerprint density at radius 3 is 2.74 bits per heavy atom. The summed E-state index contributed by atoms with van der Waals surface area (Å²) in [6.45, 7) is 5.16. The molecule has 0 unspecified atom stereocenters. The van der Waals surface area contributed by atoms with Crippen LogP contribution in [0.4, 0.5) is 4.79 Å². The Labute approximate surface area is 110 Å². The van der Waals surface area contributed by atoms with Gasteiger partial charge in [-0.2, -0.15) is 0 Å². The molecule has 104 valence electrons. The first kappa shape index (κ1) is 13.4. The van der Waals surface area contributed by atoms with Crippen molar-refractivity contribution in [3.05, 3.63) is 18.2 Å². The summed E-state index contributed by atoms with van der Waals surface area (Å²) < 4.78 is 5.09. The number of hydrogen-bond donors (Lipinski definition) is 3. The minimum absolute atomic E-state index is 0.306. The summed E-state index contributed by atoms with van der Waals surface area (Å²) >= 11 is 0. The Bertz CT molecular complexity index is 492. The number of nitrogens with one attached hydrogen (secondary N) is 2. The van der Waals surface area contributed by atoms with Gasteiger partial charge in [-0.1, -0.05) is 0 Å². The Hall–Kier alpha value is -2.05. The second-order valence-corrected chi connectivity index (χ2v) is 5.67. The molecule has 1 amide bonds. The highest BCUT2D eigenvalue weighted by Gasteiger charge is 2.63. The van der Waals surface area contributed by atoms with Crippen LogP contribution in [0.5, 0.6) is 0 Å². The van der Waals surface area contributed by atoms with Gasteiger partial charge < -0.3 is 20.1 Å². The normalized spacial score (nSPS) is 25.7. The van der Waals surface area contributed by atoms with E-state index in [2.05, 4.69) is 15.3 Å². The summed E-state index contributed by atoms with van der Waals surface area (Å²) in [5, 5.41) is 11.8. The lowest BCUT2D eigenvalue weighted by Crippen LogP contribution is -2.46. The zero-order valence-electron chi connectivity index (χ0n) is 11.1. The standard InChI is InChI=1S/C12H17N3O4/c1-11(2,3)19-10(18)15-12(9(16)17)4-7(12)8-5-13-6-14-8/h5-7H,4H2,1-3H3,(H,13,14)(H,15,18)(H,16,17)/t7-,12-/m1/s1. The molecule has 19 heavy (non-hydrogen) atoms. The third-order valence-corrected chi connectivity index (χ3v) is 2.96. The van der Waals surface area contributed by atoms with Crippen LogP contribution in [-0.4, -0.2) is 38.3 Å². The molecule has 0 saturated heterocycles. The fraction of sp³-hybridized carbons (Fsp3) is 0.583. The lowest BCUT2D eigenvalue weighted by atomic mass is 10.1. The maximum absolute atomic E-state index is 11.7. The van der Waals surface area contributed by atoms with E-state index in [1.807, 2.05) is 0 Å². The number of alkyl carbamates (subject to hydrolysis) is 1. The Kier molecular flexibility index (Phi) is 3.00. The average molecular weight is 267 g/mol. The van der Waals surface area contributed by atoms with E-state index < -0.39 is 23.2 Å². The first-order chi connectivity index (χ1) is 8.74. The monoisotopic (exact) mass is 267 g/mol. The lowest BCUT2D eigenvalue weighted by molar-refractivity contribution is -0.140. The van der Waals surface area contributed by atoms with E-state index in [0.717, 1.165) is 0 Å². The Balaban J connectivity index is 2.08. The highest BCUT2D eigenvalue weighted by Crippen LogP contribution is 2.51. The number of carbonyl (C=O) groups is 2. The first-order valence-corrected chi connectivity index (χ1v) is 5.97. The first-order valence-electron chi connectivity index (χ1n) is 5.97. The van der Waals surface area contributed by atoms with Crippen molar-refractivity contribution in [1.82, 2.24) is 15.3 Å². The molecular weight excluding hydrogens is 250 g/mol. The predicted octanol–water partition coefficient (Wildman–Crippen LogP) is 1.25. The molecule has 3 N–H and O–H groups in total. The molecule has 1 aromatic heterocycles. The van der Waals surface area contributed by atoms with Gasteiger partial charge in [-0.05, 0) is 27.2 Å². The van der Waals surface area contributed by atoms with Gasteiger partial charge in [0.1, 0.15) is 11.1 Å². The number of carbonyl (C=O) groups excluding carboxylic acids is 1. The molecule has 2 rings (SSSR count). The highest BCUT2D eigenvalue weighted by molar-refractivity contribution is 5.89. The summed E-state index contributed by atoms with van der Waals surface area (Å²) in [6.07, 6.45) is 2.64. The summed E-state index contributed by atoms with van der Waals surface area (Å²) in [4.78, 5) is 29.8. The third kappa shape index (κ3) is 2.69. The second-order valence-electron chi connectivity index (χ2n) is 5.67. The Morgan fingerprint density at radius 1 is 1.58 bits per heavy atom. The van der Waals surface area contributed by atoms with Crippen molar-refractivity contribution in [1.29, 1.82) is 0 Å². The van der Waals surface area contributed by atoms with Crippen LogP contribution in [0.1, 0.15) is 38.8 Å². The van der Waals surface area contributed by atoms with Gasteiger partial charge in [-0.15, -0.1) is 0 Å². The summed E-state index contributed by atoms with van der Waals surface area (Å²) in [7, 11) is 0. The highest BCUT2D eigenvalue weighted by atomic mass is 16.6. The van der Waals surface area contributed by atoms with Crippen LogP contribution < -0.4 is 5.32 Å². The molecule has 7 heteroatoms. The minimum Gasteiger partial charge on any atom is -0.479 e. The number of amides is 1. The van der Waals surface area contributed by atoms with Gasteiger partial charge in [0.05, 0.1) is 6.33 Å². The van der Waals surface area contributed by atoms with Gasteiger partial charge in [0.2, 0.25) is 0 Å². The van der Waals surface area contributed by atoms with Crippen LogP contribution in [0.2, 0.25) is 0 Å². The van der Waals surface area contributed by atoms with E-state index in [4.69, 9.17) is 4.74 Å². The van der Waals surface area contributed by atoms with Crippen LogP contribution in [0.3, 0.4) is 0 Å². The number of ether oxygens (including phenoxy) is 1. The minimum atomic E-state index is -1.30. The molecule has 0 spiro atoms. The smallest absolute Gasteiger partial charge is 0.408 e. The topological polar surface area (TPSA) is 104 Å². The fourth-order valence-electron chi connectivity index (χ4n) is 2.01. The molecule has 0 aromatic carbocycles. The second kappa shape index (κ2) is 4.25. The number of carboxylic acids is 1.